The Bertz CT molecular complexity index is 569. The van der Waals surface area contributed by atoms with Crippen LogP contribution in [0.15, 0.2) is 24.3 Å². The number of ether oxygens (including phenoxy) is 2. The summed E-state index contributed by atoms with van der Waals surface area (Å²) in [5.41, 5.74) is -0.710. The van der Waals surface area contributed by atoms with E-state index in [1.165, 1.54) is 12.1 Å². The van der Waals surface area contributed by atoms with Crippen molar-refractivity contribution in [1.82, 2.24) is 9.80 Å². The number of nitrogens with zero attached hydrogens (tertiary/aromatic N) is 2. The van der Waals surface area contributed by atoms with Crippen LogP contribution in [0.3, 0.4) is 0 Å². The lowest BCUT2D eigenvalue weighted by Crippen LogP contribution is -2.50. The number of rotatable bonds is 6. The molecular weight excluding hydrogens is 361 g/mol. The third kappa shape index (κ3) is 6.07. The van der Waals surface area contributed by atoms with Gasteiger partial charge in [-0.2, -0.15) is 13.2 Å². The highest BCUT2D eigenvalue weighted by Crippen LogP contribution is 2.30. The summed E-state index contributed by atoms with van der Waals surface area (Å²) in [7, 11) is 0. The summed E-state index contributed by atoms with van der Waals surface area (Å²) < 4.78 is 48.5. The van der Waals surface area contributed by atoms with E-state index in [1.807, 2.05) is 0 Å². The summed E-state index contributed by atoms with van der Waals surface area (Å²) in [5.74, 6) is 0.327. The van der Waals surface area contributed by atoms with Gasteiger partial charge in [-0.1, -0.05) is 0 Å². The third-order valence-corrected chi connectivity index (χ3v) is 5.21. The van der Waals surface area contributed by atoms with Crippen LogP contribution in [0.25, 0.3) is 0 Å². The van der Waals surface area contributed by atoms with E-state index >= 15 is 0 Å². The maximum atomic E-state index is 12.5. The lowest BCUT2D eigenvalue weighted by atomic mass is 10.0. The van der Waals surface area contributed by atoms with Gasteiger partial charge in [-0.25, -0.2) is 0 Å². The van der Waals surface area contributed by atoms with Crippen LogP contribution < -0.4 is 4.74 Å². The molecule has 0 bridgehead atoms. The molecule has 2 aliphatic rings. The molecule has 27 heavy (non-hydrogen) atoms. The number of hydrogen-bond acceptors (Lipinski definition) is 5. The second kappa shape index (κ2) is 9.23. The molecule has 1 aromatic rings. The largest absolute Gasteiger partial charge is 0.491 e. The number of β-amino-alcohol motifs (C(OH)–C–C–N with tert-alkyl or cyclic N) is 1. The van der Waals surface area contributed by atoms with Gasteiger partial charge in [0.15, 0.2) is 0 Å². The monoisotopic (exact) mass is 388 g/mol. The number of morpholine rings is 1. The van der Waals surface area contributed by atoms with Gasteiger partial charge in [0.2, 0.25) is 0 Å². The first-order chi connectivity index (χ1) is 12.9. The molecule has 0 unspecified atom stereocenters. The summed E-state index contributed by atoms with van der Waals surface area (Å²) in [4.78, 5) is 4.71. The summed E-state index contributed by atoms with van der Waals surface area (Å²) in [5, 5.41) is 10.2. The first kappa shape index (κ1) is 20.4. The molecule has 0 spiro atoms. The Morgan fingerprint density at radius 2 is 1.70 bits per heavy atom. The van der Waals surface area contributed by atoms with Gasteiger partial charge in [0.25, 0.3) is 0 Å². The highest BCUT2D eigenvalue weighted by molar-refractivity contribution is 5.28. The van der Waals surface area contributed by atoms with E-state index < -0.39 is 17.8 Å². The van der Waals surface area contributed by atoms with Crippen LogP contribution in [-0.2, 0) is 10.9 Å². The average Bonchev–Trinajstić information content (AvgIpc) is 2.67. The number of aliphatic hydroxyl groups is 1. The van der Waals surface area contributed by atoms with E-state index in [9.17, 15) is 18.3 Å². The Morgan fingerprint density at radius 1 is 1.07 bits per heavy atom. The van der Waals surface area contributed by atoms with E-state index in [2.05, 4.69) is 9.80 Å². The molecule has 2 heterocycles. The van der Waals surface area contributed by atoms with E-state index in [0.717, 1.165) is 64.4 Å². The van der Waals surface area contributed by atoms with Gasteiger partial charge in [-0.3, -0.25) is 4.90 Å². The van der Waals surface area contributed by atoms with E-state index in [1.54, 1.807) is 0 Å². The Balaban J connectivity index is 1.36. The van der Waals surface area contributed by atoms with Crippen LogP contribution in [0.4, 0.5) is 13.2 Å². The van der Waals surface area contributed by atoms with Crippen LogP contribution in [0.2, 0.25) is 0 Å². The van der Waals surface area contributed by atoms with Gasteiger partial charge in [0, 0.05) is 25.7 Å². The molecule has 3 rings (SSSR count). The second-order valence-corrected chi connectivity index (χ2v) is 7.17. The minimum atomic E-state index is -4.36. The molecular formula is C19H27F3N2O3. The molecule has 0 aromatic heterocycles. The summed E-state index contributed by atoms with van der Waals surface area (Å²) in [6.45, 7) is 6.03. The standard InChI is InChI=1S/C19H27F3N2O3/c20-19(21,22)15-1-3-18(4-2-15)27-14-17(25)13-23-7-5-16(6-8-23)24-9-11-26-12-10-24/h1-4,16-17,25H,5-14H2/t17-/m0/s1. The van der Waals surface area contributed by atoms with Crippen LogP contribution in [0, 0.1) is 0 Å². The fourth-order valence-corrected chi connectivity index (χ4v) is 3.69. The number of halogens is 3. The van der Waals surface area contributed by atoms with Gasteiger partial charge < -0.3 is 19.5 Å². The second-order valence-electron chi connectivity index (χ2n) is 7.17. The fourth-order valence-electron chi connectivity index (χ4n) is 3.69. The van der Waals surface area contributed by atoms with Crippen molar-refractivity contribution < 1.29 is 27.8 Å². The van der Waals surface area contributed by atoms with Crippen molar-refractivity contribution in [3.63, 3.8) is 0 Å². The predicted molar refractivity (Wildman–Crippen MR) is 94.8 cm³/mol. The molecule has 1 atom stereocenters. The number of hydrogen-bond donors (Lipinski definition) is 1. The predicted octanol–water partition coefficient (Wildman–Crippen LogP) is 2.24. The van der Waals surface area contributed by atoms with Crippen molar-refractivity contribution in [3.8, 4) is 5.75 Å². The summed E-state index contributed by atoms with van der Waals surface area (Å²) in [6, 6.07) is 5.12. The summed E-state index contributed by atoms with van der Waals surface area (Å²) in [6.07, 6.45) is -2.88. The molecule has 152 valence electrons. The minimum absolute atomic E-state index is 0.0642. The van der Waals surface area contributed by atoms with E-state index in [-0.39, 0.29) is 6.61 Å². The molecule has 0 amide bonds. The zero-order chi connectivity index (χ0) is 19.3. The highest BCUT2D eigenvalue weighted by Gasteiger charge is 2.30. The number of alkyl halides is 3. The van der Waals surface area contributed by atoms with Crippen molar-refractivity contribution >= 4 is 0 Å². The smallest absolute Gasteiger partial charge is 0.416 e. The molecule has 0 radical (unpaired) electrons. The first-order valence-electron chi connectivity index (χ1n) is 9.44. The normalized spacial score (nSPS) is 21.9. The van der Waals surface area contributed by atoms with Crippen LogP contribution in [0.5, 0.6) is 5.75 Å². The highest BCUT2D eigenvalue weighted by atomic mass is 19.4. The Hall–Kier alpha value is -1.35. The van der Waals surface area contributed by atoms with Crippen molar-refractivity contribution in [2.75, 3.05) is 52.5 Å². The average molecular weight is 388 g/mol. The van der Waals surface area contributed by atoms with Crippen molar-refractivity contribution in [2.45, 2.75) is 31.2 Å². The number of likely N-dealkylation sites (tertiary alicyclic amines) is 1. The molecule has 1 aromatic carbocycles. The molecule has 8 heteroatoms. The Labute approximate surface area is 157 Å². The first-order valence-corrected chi connectivity index (χ1v) is 9.44. The fraction of sp³-hybridized carbons (Fsp3) is 0.684. The van der Waals surface area contributed by atoms with Crippen LogP contribution >= 0.6 is 0 Å². The SMILES string of the molecule is O[C@H](COc1ccc(C(F)(F)F)cc1)CN1CCC(N2CCOCC2)CC1. The van der Waals surface area contributed by atoms with Gasteiger partial charge in [0.1, 0.15) is 18.5 Å². The number of aliphatic hydroxyl groups excluding tert-OH is 1. The van der Waals surface area contributed by atoms with Gasteiger partial charge in [-0.05, 0) is 50.2 Å². The van der Waals surface area contributed by atoms with E-state index in [0.29, 0.717) is 18.3 Å². The molecule has 5 nitrogen and oxygen atoms in total. The number of benzene rings is 1. The molecule has 2 aliphatic heterocycles. The topological polar surface area (TPSA) is 45.2 Å². The van der Waals surface area contributed by atoms with Crippen molar-refractivity contribution in [1.29, 1.82) is 0 Å². The zero-order valence-electron chi connectivity index (χ0n) is 15.3. The van der Waals surface area contributed by atoms with Gasteiger partial charge >= 0.3 is 6.18 Å². The quantitative estimate of drug-likeness (QED) is 0.810. The summed E-state index contributed by atoms with van der Waals surface area (Å²) >= 11 is 0. The van der Waals surface area contributed by atoms with Gasteiger partial charge in [0.05, 0.1) is 18.8 Å². The third-order valence-electron chi connectivity index (χ3n) is 5.21. The molecule has 0 saturated carbocycles. The van der Waals surface area contributed by atoms with Gasteiger partial charge in [-0.15, -0.1) is 0 Å². The Kier molecular flexibility index (Phi) is 6.97. The Morgan fingerprint density at radius 3 is 2.30 bits per heavy atom. The lowest BCUT2D eigenvalue weighted by Gasteiger charge is -2.40. The van der Waals surface area contributed by atoms with Crippen LogP contribution in [-0.4, -0.2) is 79.6 Å². The molecule has 1 N–H and O–H groups in total. The maximum absolute atomic E-state index is 12.5. The molecule has 2 saturated heterocycles. The van der Waals surface area contributed by atoms with Crippen LogP contribution in [0.1, 0.15) is 18.4 Å². The maximum Gasteiger partial charge on any atom is 0.416 e. The lowest BCUT2D eigenvalue weighted by molar-refractivity contribution is -0.137. The molecule has 2 fully saturated rings. The zero-order valence-corrected chi connectivity index (χ0v) is 15.3. The van der Waals surface area contributed by atoms with E-state index in [4.69, 9.17) is 9.47 Å². The minimum Gasteiger partial charge on any atom is -0.491 e. The number of piperidine rings is 1. The molecule has 0 aliphatic carbocycles. The van der Waals surface area contributed by atoms with Crippen molar-refractivity contribution in [2.24, 2.45) is 0 Å². The van der Waals surface area contributed by atoms with Crippen molar-refractivity contribution in [3.05, 3.63) is 29.8 Å².